The van der Waals surface area contributed by atoms with Crippen LogP contribution < -0.4 is 15.5 Å². The van der Waals surface area contributed by atoms with Gasteiger partial charge in [-0.1, -0.05) is 30.7 Å². The molecule has 1 fully saturated rings. The maximum Gasteiger partial charge on any atom is 0.257 e. The number of carbonyl (C=O) groups is 1. The van der Waals surface area contributed by atoms with Crippen LogP contribution >= 0.6 is 46.4 Å². The molecule has 3 rings (SSSR count). The van der Waals surface area contributed by atoms with Gasteiger partial charge in [0.05, 0.1) is 16.4 Å². The second kappa shape index (κ2) is 9.87. The Hall–Kier alpha value is -1.42. The van der Waals surface area contributed by atoms with Crippen LogP contribution in [0.5, 0.6) is 0 Å². The van der Waals surface area contributed by atoms with Crippen LogP contribution in [0, 0.1) is 3.57 Å². The highest BCUT2D eigenvalue weighted by Crippen LogP contribution is 2.34. The lowest BCUT2D eigenvalue weighted by atomic mass is 10.2. The highest BCUT2D eigenvalue weighted by Gasteiger charge is 2.21. The molecule has 148 valence electrons. The van der Waals surface area contributed by atoms with E-state index in [-0.39, 0.29) is 11.0 Å². The molecule has 28 heavy (non-hydrogen) atoms. The third-order valence-electron chi connectivity index (χ3n) is 4.68. The predicted octanol–water partition coefficient (Wildman–Crippen LogP) is 4.21. The summed E-state index contributed by atoms with van der Waals surface area (Å²) in [6.07, 6.45) is 0. The lowest BCUT2D eigenvalue weighted by Crippen LogP contribution is -2.46. The van der Waals surface area contributed by atoms with Crippen LogP contribution in [0.1, 0.15) is 17.3 Å². The number of amides is 1. The molecule has 0 bridgehead atoms. The van der Waals surface area contributed by atoms with Crippen molar-refractivity contribution in [2.75, 3.05) is 42.9 Å². The molecule has 1 amide bonds. The Morgan fingerprint density at radius 2 is 1.89 bits per heavy atom. The Morgan fingerprint density at radius 3 is 2.57 bits per heavy atom. The zero-order valence-corrected chi connectivity index (χ0v) is 19.3. The number of halogens is 2. The number of anilines is 2. The van der Waals surface area contributed by atoms with Gasteiger partial charge in [-0.3, -0.25) is 10.1 Å². The van der Waals surface area contributed by atoms with Gasteiger partial charge < -0.3 is 15.1 Å². The summed E-state index contributed by atoms with van der Waals surface area (Å²) in [5.74, 6) is -0.240. The van der Waals surface area contributed by atoms with Gasteiger partial charge in [-0.25, -0.2) is 0 Å². The SMILES string of the molecule is CCN1CCN(c2c(Cl)cccc2NC(=S)NC(=O)c2cccc(I)c2)CC1. The van der Waals surface area contributed by atoms with Gasteiger partial charge in [0.15, 0.2) is 5.11 Å². The number of hydrogen-bond donors (Lipinski definition) is 2. The quantitative estimate of drug-likeness (QED) is 0.460. The number of nitrogens with one attached hydrogen (secondary N) is 2. The molecule has 0 atom stereocenters. The Bertz CT molecular complexity index is 871. The summed E-state index contributed by atoms with van der Waals surface area (Å²) in [5.41, 5.74) is 2.29. The molecule has 1 saturated heterocycles. The minimum atomic E-state index is -0.240. The minimum absolute atomic E-state index is 0.240. The molecular formula is C20H22ClIN4OS. The molecule has 1 aliphatic rings. The summed E-state index contributed by atoms with van der Waals surface area (Å²) in [4.78, 5) is 17.1. The summed E-state index contributed by atoms with van der Waals surface area (Å²) in [7, 11) is 0. The molecule has 0 radical (unpaired) electrons. The van der Waals surface area contributed by atoms with Crippen molar-refractivity contribution >= 4 is 68.8 Å². The molecule has 2 aromatic rings. The van der Waals surface area contributed by atoms with Crippen LogP contribution in [-0.4, -0.2) is 48.6 Å². The number of piperazine rings is 1. The predicted molar refractivity (Wildman–Crippen MR) is 129 cm³/mol. The maximum absolute atomic E-state index is 12.4. The number of carbonyl (C=O) groups excluding carboxylic acids is 1. The van der Waals surface area contributed by atoms with Crippen LogP contribution in [0.2, 0.25) is 5.02 Å². The molecular weight excluding hydrogens is 507 g/mol. The van der Waals surface area contributed by atoms with Gasteiger partial charge in [-0.2, -0.15) is 0 Å². The van der Waals surface area contributed by atoms with Crippen LogP contribution in [0.15, 0.2) is 42.5 Å². The molecule has 0 saturated carbocycles. The molecule has 0 unspecified atom stereocenters. The van der Waals surface area contributed by atoms with Crippen molar-refractivity contribution in [3.63, 3.8) is 0 Å². The van der Waals surface area contributed by atoms with Gasteiger partial charge in [-0.05, 0) is 71.7 Å². The van der Waals surface area contributed by atoms with E-state index in [0.29, 0.717) is 10.6 Å². The average molecular weight is 529 g/mol. The molecule has 2 aromatic carbocycles. The van der Waals surface area contributed by atoms with Crippen molar-refractivity contribution in [1.29, 1.82) is 0 Å². The first-order chi connectivity index (χ1) is 13.5. The topological polar surface area (TPSA) is 47.6 Å². The van der Waals surface area contributed by atoms with Crippen LogP contribution in [0.25, 0.3) is 0 Å². The highest BCUT2D eigenvalue weighted by molar-refractivity contribution is 14.1. The van der Waals surface area contributed by atoms with E-state index in [4.69, 9.17) is 23.8 Å². The van der Waals surface area contributed by atoms with Gasteiger partial charge >= 0.3 is 0 Å². The molecule has 0 aromatic heterocycles. The lowest BCUT2D eigenvalue weighted by molar-refractivity contribution is 0.0977. The van der Waals surface area contributed by atoms with Crippen LogP contribution in [-0.2, 0) is 0 Å². The standard InChI is InChI=1S/C20H22ClIN4OS/c1-2-25-9-11-26(12-10-25)18-16(21)7-4-8-17(18)23-20(28)24-19(27)14-5-3-6-15(22)13-14/h3-8,13H,2,9-12H2,1H3,(H2,23,24,27,28). The zero-order chi connectivity index (χ0) is 20.1. The fourth-order valence-corrected chi connectivity index (χ4v) is 4.22. The van der Waals surface area contributed by atoms with Gasteiger partial charge in [0.1, 0.15) is 0 Å². The van der Waals surface area contributed by atoms with Gasteiger partial charge in [0, 0.05) is 35.3 Å². The van der Waals surface area contributed by atoms with Crippen molar-refractivity contribution in [2.24, 2.45) is 0 Å². The summed E-state index contributed by atoms with van der Waals surface area (Å²) in [5, 5.41) is 6.81. The first-order valence-electron chi connectivity index (χ1n) is 9.11. The number of rotatable bonds is 4. The summed E-state index contributed by atoms with van der Waals surface area (Å²) >= 11 is 14.1. The van der Waals surface area contributed by atoms with E-state index in [9.17, 15) is 4.79 Å². The molecule has 1 aliphatic heterocycles. The molecule has 1 heterocycles. The van der Waals surface area contributed by atoms with E-state index >= 15 is 0 Å². The smallest absolute Gasteiger partial charge is 0.257 e. The monoisotopic (exact) mass is 528 g/mol. The van der Waals surface area contributed by atoms with Crippen molar-refractivity contribution in [3.8, 4) is 0 Å². The molecule has 8 heteroatoms. The fourth-order valence-electron chi connectivity index (χ4n) is 3.18. The van der Waals surface area contributed by atoms with Crippen molar-refractivity contribution in [3.05, 3.63) is 56.6 Å². The average Bonchev–Trinajstić information content (AvgIpc) is 2.68. The summed E-state index contributed by atoms with van der Waals surface area (Å²) in [6, 6.07) is 13.0. The van der Waals surface area contributed by atoms with Crippen molar-refractivity contribution in [2.45, 2.75) is 6.92 Å². The number of hydrogen-bond acceptors (Lipinski definition) is 4. The number of nitrogens with zero attached hydrogens (tertiary/aromatic N) is 2. The fraction of sp³-hybridized carbons (Fsp3) is 0.300. The van der Waals surface area contributed by atoms with E-state index in [1.54, 1.807) is 6.07 Å². The van der Waals surface area contributed by atoms with E-state index in [0.717, 1.165) is 47.7 Å². The minimum Gasteiger partial charge on any atom is -0.366 e. The second-order valence-electron chi connectivity index (χ2n) is 6.48. The third-order valence-corrected chi connectivity index (χ3v) is 5.86. The van der Waals surface area contributed by atoms with Crippen LogP contribution in [0.4, 0.5) is 11.4 Å². The maximum atomic E-state index is 12.4. The Labute approximate surface area is 189 Å². The number of likely N-dealkylation sites (N-methyl/N-ethyl adjacent to an activating group) is 1. The normalized spacial score (nSPS) is 14.6. The molecule has 0 spiro atoms. The zero-order valence-electron chi connectivity index (χ0n) is 15.5. The second-order valence-corrected chi connectivity index (χ2v) is 8.54. The van der Waals surface area contributed by atoms with Crippen molar-refractivity contribution in [1.82, 2.24) is 10.2 Å². The lowest BCUT2D eigenvalue weighted by Gasteiger charge is -2.37. The number of benzene rings is 2. The van der Waals surface area contributed by atoms with E-state index in [1.807, 2.05) is 36.4 Å². The van der Waals surface area contributed by atoms with E-state index in [1.165, 1.54) is 0 Å². The first-order valence-corrected chi connectivity index (χ1v) is 11.0. The largest absolute Gasteiger partial charge is 0.366 e. The Morgan fingerprint density at radius 1 is 1.18 bits per heavy atom. The molecule has 0 aliphatic carbocycles. The van der Waals surface area contributed by atoms with Gasteiger partial charge in [0.25, 0.3) is 5.91 Å². The third kappa shape index (κ3) is 5.34. The molecule has 2 N–H and O–H groups in total. The van der Waals surface area contributed by atoms with E-state index < -0.39 is 0 Å². The van der Waals surface area contributed by atoms with Crippen LogP contribution in [0.3, 0.4) is 0 Å². The van der Waals surface area contributed by atoms with Gasteiger partial charge in [0.2, 0.25) is 0 Å². The number of para-hydroxylation sites is 1. The Balaban J connectivity index is 1.71. The summed E-state index contributed by atoms with van der Waals surface area (Å²) < 4.78 is 0.993. The number of thiocarbonyl (C=S) groups is 1. The van der Waals surface area contributed by atoms with E-state index in [2.05, 4.69) is 49.9 Å². The highest BCUT2D eigenvalue weighted by atomic mass is 127. The first kappa shape index (κ1) is 21.3. The Kier molecular flexibility index (Phi) is 7.50. The van der Waals surface area contributed by atoms with Gasteiger partial charge in [-0.15, -0.1) is 0 Å². The summed E-state index contributed by atoms with van der Waals surface area (Å²) in [6.45, 7) is 7.01. The van der Waals surface area contributed by atoms with Crippen molar-refractivity contribution < 1.29 is 4.79 Å². The molecule has 5 nitrogen and oxygen atoms in total.